The van der Waals surface area contributed by atoms with Crippen LogP contribution in [-0.2, 0) is 4.79 Å². The summed E-state index contributed by atoms with van der Waals surface area (Å²) in [7, 11) is 0. The van der Waals surface area contributed by atoms with Gasteiger partial charge in [0.05, 0.1) is 15.5 Å². The van der Waals surface area contributed by atoms with Gasteiger partial charge in [-0.05, 0) is 30.5 Å². The third kappa shape index (κ3) is 4.02. The van der Waals surface area contributed by atoms with Crippen molar-refractivity contribution >= 4 is 40.6 Å². The number of nitrogens with zero attached hydrogens (tertiary/aromatic N) is 2. The Bertz CT molecular complexity index is 1050. The number of halogens is 2. The lowest BCUT2D eigenvalue weighted by atomic mass is 10.2. The van der Waals surface area contributed by atoms with Crippen molar-refractivity contribution in [2.24, 2.45) is 0 Å². The molecule has 0 aliphatic carbocycles. The van der Waals surface area contributed by atoms with Gasteiger partial charge in [0.15, 0.2) is 6.29 Å². The highest BCUT2D eigenvalue weighted by molar-refractivity contribution is 7.13. The normalized spacial score (nSPS) is 19.1. The lowest BCUT2D eigenvalue weighted by Crippen LogP contribution is -2.52. The van der Waals surface area contributed by atoms with Crippen LogP contribution in [0.2, 0.25) is 5.02 Å². The van der Waals surface area contributed by atoms with E-state index in [1.807, 2.05) is 24.4 Å². The third-order valence-corrected chi connectivity index (χ3v) is 5.62. The summed E-state index contributed by atoms with van der Waals surface area (Å²) in [5.74, 6) is -1.27. The Kier molecular flexibility index (Phi) is 5.35. The van der Waals surface area contributed by atoms with E-state index in [4.69, 9.17) is 11.6 Å². The molecule has 3 N–H and O–H groups in total. The average Bonchev–Trinajstić information content (AvgIpc) is 3.30. The summed E-state index contributed by atoms with van der Waals surface area (Å²) in [5, 5.41) is 15.1. The van der Waals surface area contributed by atoms with E-state index in [1.54, 1.807) is 6.07 Å². The predicted molar refractivity (Wildman–Crippen MR) is 109 cm³/mol. The van der Waals surface area contributed by atoms with Crippen LogP contribution in [0.1, 0.15) is 30.0 Å². The van der Waals surface area contributed by atoms with Gasteiger partial charge in [-0.1, -0.05) is 23.7 Å². The monoisotopic (exact) mass is 433 g/mol. The Morgan fingerprint density at radius 3 is 2.90 bits per heavy atom. The minimum absolute atomic E-state index is 0.00441. The summed E-state index contributed by atoms with van der Waals surface area (Å²) in [6.45, 7) is 1.88. The number of carbonyl (C=O) groups is 2. The van der Waals surface area contributed by atoms with E-state index in [0.717, 1.165) is 4.88 Å². The van der Waals surface area contributed by atoms with Crippen LogP contribution in [0.15, 0.2) is 41.8 Å². The van der Waals surface area contributed by atoms with Crippen molar-refractivity contribution in [3.8, 4) is 10.6 Å². The summed E-state index contributed by atoms with van der Waals surface area (Å²) in [6.07, 6.45) is -0.325. The van der Waals surface area contributed by atoms with Crippen LogP contribution in [0, 0.1) is 5.82 Å². The Morgan fingerprint density at radius 1 is 1.38 bits per heavy atom. The van der Waals surface area contributed by atoms with E-state index in [2.05, 4.69) is 21.0 Å². The highest BCUT2D eigenvalue weighted by Crippen LogP contribution is 2.29. The van der Waals surface area contributed by atoms with Crippen LogP contribution < -0.4 is 16.0 Å². The first kappa shape index (κ1) is 19.6. The smallest absolute Gasteiger partial charge is 0.261 e. The van der Waals surface area contributed by atoms with Crippen molar-refractivity contribution in [1.82, 2.24) is 20.4 Å². The minimum Gasteiger partial charge on any atom is -0.322 e. The summed E-state index contributed by atoms with van der Waals surface area (Å²) in [4.78, 5) is 25.6. The van der Waals surface area contributed by atoms with Gasteiger partial charge in [-0.25, -0.2) is 9.07 Å². The van der Waals surface area contributed by atoms with Gasteiger partial charge in [0.2, 0.25) is 5.91 Å². The number of benzene rings is 1. The molecule has 1 aromatic carbocycles. The maximum Gasteiger partial charge on any atom is 0.261 e. The molecular weight excluding hydrogens is 417 g/mol. The number of rotatable bonds is 4. The fourth-order valence-corrected chi connectivity index (χ4v) is 4.04. The van der Waals surface area contributed by atoms with Crippen LogP contribution in [0.25, 0.3) is 10.6 Å². The van der Waals surface area contributed by atoms with Gasteiger partial charge in [0.1, 0.15) is 17.3 Å². The number of nitrogens with one attached hydrogen (secondary N) is 3. The zero-order valence-corrected chi connectivity index (χ0v) is 16.9. The fourth-order valence-electron chi connectivity index (χ4n) is 3.11. The standard InChI is InChI=1S/C19H17ClFN5O2S/c1-10-8-16(27)24-19(22-10)26-15(9-13(25-26)14-6-3-7-29-14)23-18(28)17-11(20)4-2-5-12(17)21/h2-7,9-10,19,22H,8H2,1H3,(H,23,28)(H,24,27). The summed E-state index contributed by atoms with van der Waals surface area (Å²) in [5.41, 5.74) is 0.359. The van der Waals surface area contributed by atoms with Crippen molar-refractivity contribution in [2.45, 2.75) is 25.7 Å². The molecule has 29 heavy (non-hydrogen) atoms. The number of aromatic nitrogens is 2. The lowest BCUT2D eigenvalue weighted by molar-refractivity contribution is -0.125. The molecule has 3 heterocycles. The van der Waals surface area contributed by atoms with E-state index in [9.17, 15) is 14.0 Å². The van der Waals surface area contributed by atoms with Crippen molar-refractivity contribution in [2.75, 3.05) is 5.32 Å². The second-order valence-electron chi connectivity index (χ2n) is 6.63. The van der Waals surface area contributed by atoms with E-state index in [0.29, 0.717) is 17.9 Å². The van der Waals surface area contributed by atoms with Gasteiger partial charge >= 0.3 is 0 Å². The lowest BCUT2D eigenvalue weighted by Gasteiger charge is -2.30. The zero-order chi connectivity index (χ0) is 20.5. The molecule has 4 rings (SSSR count). The molecule has 10 heteroatoms. The Balaban J connectivity index is 1.71. The molecule has 2 amide bonds. The van der Waals surface area contributed by atoms with Gasteiger partial charge in [-0.15, -0.1) is 11.3 Å². The molecule has 2 atom stereocenters. The molecule has 0 radical (unpaired) electrons. The molecule has 150 valence electrons. The highest BCUT2D eigenvalue weighted by atomic mass is 35.5. The average molecular weight is 434 g/mol. The summed E-state index contributed by atoms with van der Waals surface area (Å²) in [6, 6.07) is 9.42. The number of thiophene rings is 1. The molecule has 0 bridgehead atoms. The van der Waals surface area contributed by atoms with Crippen LogP contribution in [-0.4, -0.2) is 27.6 Å². The Labute approximate surface area is 174 Å². The second-order valence-corrected chi connectivity index (χ2v) is 7.98. The molecule has 1 aliphatic rings. The van der Waals surface area contributed by atoms with E-state index >= 15 is 0 Å². The van der Waals surface area contributed by atoms with Crippen molar-refractivity contribution in [1.29, 1.82) is 0 Å². The number of hydrogen-bond donors (Lipinski definition) is 3. The number of amides is 2. The largest absolute Gasteiger partial charge is 0.322 e. The molecule has 0 spiro atoms. The van der Waals surface area contributed by atoms with Gasteiger partial charge in [-0.3, -0.25) is 14.9 Å². The molecule has 7 nitrogen and oxygen atoms in total. The van der Waals surface area contributed by atoms with Gasteiger partial charge < -0.3 is 10.6 Å². The maximum atomic E-state index is 14.2. The SMILES string of the molecule is CC1CC(=O)NC(n2nc(-c3cccs3)cc2NC(=O)c2c(F)cccc2Cl)N1. The first-order valence-electron chi connectivity index (χ1n) is 8.86. The molecule has 2 unspecified atom stereocenters. The molecule has 1 aliphatic heterocycles. The molecule has 3 aromatic rings. The van der Waals surface area contributed by atoms with Crippen LogP contribution >= 0.6 is 22.9 Å². The topological polar surface area (TPSA) is 88.1 Å². The summed E-state index contributed by atoms with van der Waals surface area (Å²) < 4.78 is 15.6. The van der Waals surface area contributed by atoms with E-state index in [1.165, 1.54) is 34.2 Å². The number of carbonyl (C=O) groups excluding carboxylic acids is 2. The van der Waals surface area contributed by atoms with Gasteiger partial charge in [0, 0.05) is 18.5 Å². The first-order chi connectivity index (χ1) is 13.9. The zero-order valence-electron chi connectivity index (χ0n) is 15.3. The van der Waals surface area contributed by atoms with Crippen molar-refractivity contribution < 1.29 is 14.0 Å². The third-order valence-electron chi connectivity index (χ3n) is 4.42. The van der Waals surface area contributed by atoms with Crippen LogP contribution in [0.3, 0.4) is 0 Å². The first-order valence-corrected chi connectivity index (χ1v) is 10.1. The van der Waals surface area contributed by atoms with Crippen molar-refractivity contribution in [3.05, 3.63) is 58.2 Å². The maximum absolute atomic E-state index is 14.2. The number of hydrogen-bond acceptors (Lipinski definition) is 5. The quantitative estimate of drug-likeness (QED) is 0.586. The Morgan fingerprint density at radius 2 is 2.21 bits per heavy atom. The predicted octanol–water partition coefficient (Wildman–Crippen LogP) is 3.61. The molecule has 2 aromatic heterocycles. The highest BCUT2D eigenvalue weighted by Gasteiger charge is 2.28. The van der Waals surface area contributed by atoms with Crippen molar-refractivity contribution in [3.63, 3.8) is 0 Å². The van der Waals surface area contributed by atoms with Gasteiger partial charge in [0.25, 0.3) is 5.91 Å². The second kappa shape index (κ2) is 7.94. The van der Waals surface area contributed by atoms with E-state index in [-0.39, 0.29) is 22.5 Å². The fraction of sp³-hybridized carbons (Fsp3) is 0.211. The Hall–Kier alpha value is -2.75. The molecule has 1 saturated heterocycles. The van der Waals surface area contributed by atoms with Crippen LogP contribution in [0.5, 0.6) is 0 Å². The molecular formula is C19H17ClFN5O2S. The summed E-state index contributed by atoms with van der Waals surface area (Å²) >= 11 is 7.50. The minimum atomic E-state index is -0.725. The van der Waals surface area contributed by atoms with E-state index < -0.39 is 18.0 Å². The molecule has 0 saturated carbocycles. The van der Waals surface area contributed by atoms with Gasteiger partial charge in [-0.2, -0.15) is 5.10 Å². The number of anilines is 1. The van der Waals surface area contributed by atoms with Crippen LogP contribution in [0.4, 0.5) is 10.2 Å². The molecule has 1 fully saturated rings.